The van der Waals surface area contributed by atoms with Gasteiger partial charge in [-0.25, -0.2) is 0 Å². The molecule has 5 heteroatoms. The Labute approximate surface area is 116 Å². The number of rotatable bonds is 5. The summed E-state index contributed by atoms with van der Waals surface area (Å²) in [5.74, 6) is -1.95. The SMILES string of the molecule is COC(=O)C(CC(=C1CC1)c1cccs1)C(=O)OC. The highest BCUT2D eigenvalue weighted by atomic mass is 32.1. The summed E-state index contributed by atoms with van der Waals surface area (Å²) in [5.41, 5.74) is 2.41. The van der Waals surface area contributed by atoms with E-state index in [-0.39, 0.29) is 0 Å². The molecule has 1 fully saturated rings. The van der Waals surface area contributed by atoms with E-state index in [1.54, 1.807) is 11.3 Å². The Morgan fingerprint density at radius 3 is 2.32 bits per heavy atom. The van der Waals surface area contributed by atoms with Crippen molar-refractivity contribution >= 4 is 28.8 Å². The molecule has 1 aromatic rings. The van der Waals surface area contributed by atoms with Gasteiger partial charge in [0, 0.05) is 4.88 Å². The average Bonchev–Trinajstić information content (AvgIpc) is 3.12. The molecule has 1 aliphatic rings. The van der Waals surface area contributed by atoms with Crippen molar-refractivity contribution in [3.63, 3.8) is 0 Å². The van der Waals surface area contributed by atoms with E-state index in [2.05, 4.69) is 0 Å². The summed E-state index contributed by atoms with van der Waals surface area (Å²) in [7, 11) is 2.57. The third kappa shape index (κ3) is 3.23. The van der Waals surface area contributed by atoms with Crippen LogP contribution in [-0.4, -0.2) is 26.2 Å². The standard InChI is InChI=1S/C14H16O4S/c1-17-13(15)11(14(16)18-2)8-10(9-5-6-9)12-4-3-7-19-12/h3-4,7,11H,5-6,8H2,1-2H3. The molecule has 0 aromatic carbocycles. The van der Waals surface area contributed by atoms with Gasteiger partial charge in [-0.2, -0.15) is 0 Å². The predicted octanol–water partition coefficient (Wildman–Crippen LogP) is 2.65. The molecule has 1 heterocycles. The molecule has 0 spiro atoms. The normalized spacial score (nSPS) is 13.3. The Balaban J connectivity index is 2.22. The summed E-state index contributed by atoms with van der Waals surface area (Å²) in [4.78, 5) is 24.6. The van der Waals surface area contributed by atoms with Crippen molar-refractivity contribution in [2.75, 3.05) is 14.2 Å². The molecule has 1 aromatic heterocycles. The average molecular weight is 280 g/mol. The first-order chi connectivity index (χ1) is 9.17. The van der Waals surface area contributed by atoms with Crippen LogP contribution in [0.1, 0.15) is 24.1 Å². The minimum atomic E-state index is -0.875. The number of carbonyl (C=O) groups excluding carboxylic acids is 2. The highest BCUT2D eigenvalue weighted by Crippen LogP contribution is 2.41. The van der Waals surface area contributed by atoms with E-state index >= 15 is 0 Å². The number of hydrogen-bond donors (Lipinski definition) is 0. The van der Waals surface area contributed by atoms with Gasteiger partial charge in [-0.15, -0.1) is 11.3 Å². The number of hydrogen-bond acceptors (Lipinski definition) is 5. The van der Waals surface area contributed by atoms with Crippen LogP contribution < -0.4 is 0 Å². The van der Waals surface area contributed by atoms with Crippen LogP contribution in [0.5, 0.6) is 0 Å². The van der Waals surface area contributed by atoms with Crippen molar-refractivity contribution in [1.29, 1.82) is 0 Å². The predicted molar refractivity (Wildman–Crippen MR) is 72.6 cm³/mol. The molecule has 1 aliphatic carbocycles. The van der Waals surface area contributed by atoms with E-state index in [0.29, 0.717) is 6.42 Å². The molecule has 0 bridgehead atoms. The molecule has 0 radical (unpaired) electrons. The summed E-state index contributed by atoms with van der Waals surface area (Å²) in [6, 6.07) is 3.98. The lowest BCUT2D eigenvalue weighted by molar-refractivity contribution is -0.158. The molecule has 19 heavy (non-hydrogen) atoms. The monoisotopic (exact) mass is 280 g/mol. The van der Waals surface area contributed by atoms with Crippen molar-refractivity contribution in [2.24, 2.45) is 5.92 Å². The van der Waals surface area contributed by atoms with Crippen LogP contribution in [0.15, 0.2) is 23.1 Å². The van der Waals surface area contributed by atoms with Gasteiger partial charge in [0.1, 0.15) is 0 Å². The molecule has 4 nitrogen and oxygen atoms in total. The van der Waals surface area contributed by atoms with Crippen LogP contribution in [-0.2, 0) is 19.1 Å². The van der Waals surface area contributed by atoms with Gasteiger partial charge < -0.3 is 9.47 Å². The summed E-state index contributed by atoms with van der Waals surface area (Å²) in [5, 5.41) is 1.99. The minimum Gasteiger partial charge on any atom is -0.468 e. The first-order valence-electron chi connectivity index (χ1n) is 6.07. The molecule has 0 aliphatic heterocycles. The zero-order valence-electron chi connectivity index (χ0n) is 11.0. The lowest BCUT2D eigenvalue weighted by Crippen LogP contribution is -2.26. The Morgan fingerprint density at radius 2 is 1.89 bits per heavy atom. The lowest BCUT2D eigenvalue weighted by Gasteiger charge is -2.14. The number of allylic oxidation sites excluding steroid dienone is 2. The Bertz CT molecular complexity index is 480. The fourth-order valence-corrected chi connectivity index (χ4v) is 2.82. The van der Waals surface area contributed by atoms with Gasteiger partial charge in [-0.1, -0.05) is 11.6 Å². The van der Waals surface area contributed by atoms with E-state index in [4.69, 9.17) is 9.47 Å². The van der Waals surface area contributed by atoms with Crippen molar-refractivity contribution in [2.45, 2.75) is 19.3 Å². The highest BCUT2D eigenvalue weighted by Gasteiger charge is 2.32. The topological polar surface area (TPSA) is 52.6 Å². The van der Waals surface area contributed by atoms with Crippen molar-refractivity contribution in [1.82, 2.24) is 0 Å². The number of thiophene rings is 1. The fourth-order valence-electron chi connectivity index (χ4n) is 1.99. The summed E-state index contributed by atoms with van der Waals surface area (Å²) in [6.07, 6.45) is 2.44. The van der Waals surface area contributed by atoms with Crippen LogP contribution in [0, 0.1) is 5.92 Å². The smallest absolute Gasteiger partial charge is 0.320 e. The van der Waals surface area contributed by atoms with Gasteiger partial charge in [0.05, 0.1) is 14.2 Å². The quantitative estimate of drug-likeness (QED) is 0.614. The van der Waals surface area contributed by atoms with Gasteiger partial charge in [0.15, 0.2) is 5.92 Å². The molecule has 0 amide bonds. The Kier molecular flexibility index (Phi) is 4.37. The Hall–Kier alpha value is -1.62. The first-order valence-corrected chi connectivity index (χ1v) is 6.95. The highest BCUT2D eigenvalue weighted by molar-refractivity contribution is 7.11. The molecule has 0 atom stereocenters. The van der Waals surface area contributed by atoms with Crippen molar-refractivity contribution in [3.05, 3.63) is 28.0 Å². The maximum atomic E-state index is 11.7. The number of methoxy groups -OCH3 is 2. The number of ether oxygens (including phenoxy) is 2. The Morgan fingerprint density at radius 1 is 1.26 bits per heavy atom. The molecular weight excluding hydrogens is 264 g/mol. The van der Waals surface area contributed by atoms with Crippen molar-refractivity contribution in [3.8, 4) is 0 Å². The molecular formula is C14H16O4S. The molecule has 2 rings (SSSR count). The van der Waals surface area contributed by atoms with Crippen molar-refractivity contribution < 1.29 is 19.1 Å². The van der Waals surface area contributed by atoms with Gasteiger partial charge in [0.2, 0.25) is 0 Å². The van der Waals surface area contributed by atoms with Crippen LogP contribution in [0.3, 0.4) is 0 Å². The second kappa shape index (κ2) is 6.02. The fraction of sp³-hybridized carbons (Fsp3) is 0.429. The van der Waals surface area contributed by atoms with E-state index in [1.165, 1.54) is 19.8 Å². The maximum absolute atomic E-state index is 11.7. The number of carbonyl (C=O) groups is 2. The molecule has 102 valence electrons. The van der Waals surface area contributed by atoms with E-state index in [1.807, 2.05) is 17.5 Å². The summed E-state index contributed by atoms with van der Waals surface area (Å²) in [6.45, 7) is 0. The zero-order chi connectivity index (χ0) is 13.8. The lowest BCUT2D eigenvalue weighted by atomic mass is 9.97. The molecule has 0 saturated heterocycles. The van der Waals surface area contributed by atoms with Crippen LogP contribution >= 0.6 is 11.3 Å². The van der Waals surface area contributed by atoms with E-state index in [0.717, 1.165) is 23.3 Å². The second-order valence-electron chi connectivity index (χ2n) is 4.36. The zero-order valence-corrected chi connectivity index (χ0v) is 11.8. The summed E-state index contributed by atoms with van der Waals surface area (Å²) >= 11 is 1.62. The second-order valence-corrected chi connectivity index (χ2v) is 5.31. The van der Waals surface area contributed by atoms with E-state index in [9.17, 15) is 9.59 Å². The molecule has 0 unspecified atom stereocenters. The van der Waals surface area contributed by atoms with E-state index < -0.39 is 17.9 Å². The number of esters is 2. The minimum absolute atomic E-state index is 0.356. The van der Waals surface area contributed by atoms with Gasteiger partial charge >= 0.3 is 11.9 Å². The molecule has 0 N–H and O–H groups in total. The maximum Gasteiger partial charge on any atom is 0.320 e. The van der Waals surface area contributed by atoms with Crippen LogP contribution in [0.2, 0.25) is 0 Å². The third-order valence-corrected chi connectivity index (χ3v) is 4.05. The summed E-state index contributed by atoms with van der Waals surface area (Å²) < 4.78 is 9.39. The van der Waals surface area contributed by atoms with Gasteiger partial charge in [-0.05, 0) is 36.3 Å². The third-order valence-electron chi connectivity index (χ3n) is 3.13. The van der Waals surface area contributed by atoms with Gasteiger partial charge in [0.25, 0.3) is 0 Å². The first kappa shape index (κ1) is 13.8. The molecule has 1 saturated carbocycles. The van der Waals surface area contributed by atoms with Crippen LogP contribution in [0.25, 0.3) is 5.57 Å². The largest absolute Gasteiger partial charge is 0.468 e. The van der Waals surface area contributed by atoms with Crippen LogP contribution in [0.4, 0.5) is 0 Å². The van der Waals surface area contributed by atoms with Gasteiger partial charge in [-0.3, -0.25) is 9.59 Å².